The first-order valence-corrected chi connectivity index (χ1v) is 15.9. The predicted molar refractivity (Wildman–Crippen MR) is 174 cm³/mol. The molecule has 2 aliphatic heterocycles. The van der Waals surface area contributed by atoms with Gasteiger partial charge in [0.1, 0.15) is 12.1 Å². The number of fused-ring (bicyclic) bond motifs is 1. The molecule has 1 atom stereocenters. The van der Waals surface area contributed by atoms with Crippen LogP contribution < -0.4 is 5.32 Å². The standard InChI is InChI=1S/C34H37Cl2N5O4/c1-38-33(44)34(41-15-16-45-22-31(41)42)10-13-40(14-11-34)12-9-26(24-7-8-29(35)30(36)19-24)21-39(2)32(43)28-18-23(20-37)17-25-5-3-4-6-27(25)28/h3-8,17-19,26H,9-16,21-22H2,1-2H3,(H,38,44)/t26-/m1/s1. The maximum atomic E-state index is 13.8. The Kier molecular flexibility index (Phi) is 10.3. The van der Waals surface area contributed by atoms with Crippen LogP contribution in [0.5, 0.6) is 0 Å². The summed E-state index contributed by atoms with van der Waals surface area (Å²) in [6.45, 7) is 3.25. The summed E-state index contributed by atoms with van der Waals surface area (Å²) in [7, 11) is 3.39. The van der Waals surface area contributed by atoms with Crippen molar-refractivity contribution in [2.24, 2.45) is 0 Å². The Bertz CT molecular complexity index is 1630. The summed E-state index contributed by atoms with van der Waals surface area (Å²) < 4.78 is 5.32. The number of benzene rings is 3. The molecule has 45 heavy (non-hydrogen) atoms. The van der Waals surface area contributed by atoms with Gasteiger partial charge in [0.05, 0.1) is 28.3 Å². The minimum absolute atomic E-state index is 0.00335. The third-order valence-corrected chi connectivity index (χ3v) is 9.85. The van der Waals surface area contributed by atoms with E-state index in [0.29, 0.717) is 66.8 Å². The molecule has 2 fully saturated rings. The van der Waals surface area contributed by atoms with E-state index in [9.17, 15) is 19.6 Å². The molecule has 0 saturated carbocycles. The molecular formula is C34H37Cl2N5O4. The van der Waals surface area contributed by atoms with Crippen molar-refractivity contribution in [3.8, 4) is 6.07 Å². The molecule has 0 aliphatic carbocycles. The molecule has 3 aromatic carbocycles. The fourth-order valence-electron chi connectivity index (χ4n) is 6.61. The zero-order valence-electron chi connectivity index (χ0n) is 25.5. The number of nitrogens with one attached hydrogen (secondary N) is 1. The van der Waals surface area contributed by atoms with Crippen molar-refractivity contribution in [2.45, 2.75) is 30.7 Å². The molecule has 0 aromatic heterocycles. The number of rotatable bonds is 9. The van der Waals surface area contributed by atoms with Gasteiger partial charge < -0.3 is 24.8 Å². The summed E-state index contributed by atoms with van der Waals surface area (Å²) in [5, 5.41) is 14.9. The Hall–Kier alpha value is -3.68. The van der Waals surface area contributed by atoms with Gasteiger partial charge >= 0.3 is 0 Å². The predicted octanol–water partition coefficient (Wildman–Crippen LogP) is 4.70. The van der Waals surface area contributed by atoms with Crippen molar-refractivity contribution >= 4 is 51.7 Å². The van der Waals surface area contributed by atoms with Crippen LogP contribution in [0.25, 0.3) is 10.8 Å². The van der Waals surface area contributed by atoms with Crippen molar-refractivity contribution in [2.75, 3.05) is 60.0 Å². The Morgan fingerprint density at radius 3 is 2.53 bits per heavy atom. The molecule has 9 nitrogen and oxygen atoms in total. The van der Waals surface area contributed by atoms with Gasteiger partial charge in [-0.1, -0.05) is 53.5 Å². The smallest absolute Gasteiger partial charge is 0.254 e. The van der Waals surface area contributed by atoms with Crippen LogP contribution >= 0.6 is 23.2 Å². The highest BCUT2D eigenvalue weighted by molar-refractivity contribution is 6.42. The average Bonchev–Trinajstić information content (AvgIpc) is 3.07. The fourth-order valence-corrected chi connectivity index (χ4v) is 6.92. The second kappa shape index (κ2) is 14.2. The number of nitrogens with zero attached hydrogens (tertiary/aromatic N) is 4. The van der Waals surface area contributed by atoms with Crippen LogP contribution in [0, 0.1) is 11.3 Å². The minimum atomic E-state index is -0.886. The van der Waals surface area contributed by atoms with Crippen molar-refractivity contribution in [1.29, 1.82) is 5.26 Å². The van der Waals surface area contributed by atoms with Crippen molar-refractivity contribution < 1.29 is 19.1 Å². The average molecular weight is 651 g/mol. The van der Waals surface area contributed by atoms with Crippen molar-refractivity contribution in [1.82, 2.24) is 20.0 Å². The summed E-state index contributed by atoms with van der Waals surface area (Å²) in [6.07, 6.45) is 1.77. The number of piperidine rings is 1. The van der Waals surface area contributed by atoms with Gasteiger partial charge in [0.25, 0.3) is 5.91 Å². The highest BCUT2D eigenvalue weighted by Crippen LogP contribution is 2.33. The van der Waals surface area contributed by atoms with Crippen LogP contribution in [0.4, 0.5) is 0 Å². The number of morpholine rings is 1. The summed E-state index contributed by atoms with van der Waals surface area (Å²) in [5.41, 5.74) is 1.00. The number of hydrogen-bond acceptors (Lipinski definition) is 6. The lowest BCUT2D eigenvalue weighted by Gasteiger charge is -2.48. The molecule has 2 heterocycles. The van der Waals surface area contributed by atoms with E-state index in [0.717, 1.165) is 29.3 Å². The van der Waals surface area contributed by atoms with Gasteiger partial charge in [-0.05, 0) is 66.4 Å². The molecule has 1 N–H and O–H groups in total. The number of nitriles is 1. The van der Waals surface area contributed by atoms with Gasteiger partial charge in [-0.2, -0.15) is 5.26 Å². The molecule has 0 spiro atoms. The van der Waals surface area contributed by atoms with Crippen LogP contribution in [-0.2, 0) is 14.3 Å². The van der Waals surface area contributed by atoms with E-state index >= 15 is 0 Å². The highest BCUT2D eigenvalue weighted by Gasteiger charge is 2.48. The normalized spacial score (nSPS) is 17.5. The van der Waals surface area contributed by atoms with E-state index in [-0.39, 0.29) is 30.2 Å². The maximum absolute atomic E-state index is 13.8. The summed E-state index contributed by atoms with van der Waals surface area (Å²) in [4.78, 5) is 45.4. The molecule has 0 radical (unpaired) electrons. The first-order chi connectivity index (χ1) is 21.7. The second-order valence-electron chi connectivity index (χ2n) is 11.8. The van der Waals surface area contributed by atoms with Gasteiger partial charge in [-0.15, -0.1) is 0 Å². The van der Waals surface area contributed by atoms with Gasteiger partial charge in [-0.25, -0.2) is 0 Å². The number of carbonyl (C=O) groups is 3. The Morgan fingerprint density at radius 2 is 1.84 bits per heavy atom. The summed E-state index contributed by atoms with van der Waals surface area (Å²) >= 11 is 12.7. The largest absolute Gasteiger partial charge is 0.370 e. The number of carbonyl (C=O) groups excluding carboxylic acids is 3. The van der Waals surface area contributed by atoms with Crippen LogP contribution in [0.3, 0.4) is 0 Å². The number of hydrogen-bond donors (Lipinski definition) is 1. The number of halogens is 2. The second-order valence-corrected chi connectivity index (χ2v) is 12.6. The zero-order valence-corrected chi connectivity index (χ0v) is 27.0. The van der Waals surface area contributed by atoms with Crippen LogP contribution in [0.15, 0.2) is 54.6 Å². The van der Waals surface area contributed by atoms with Gasteiger partial charge in [-0.3, -0.25) is 14.4 Å². The van der Waals surface area contributed by atoms with E-state index in [1.54, 1.807) is 42.1 Å². The topological polar surface area (TPSA) is 106 Å². The lowest BCUT2D eigenvalue weighted by Crippen LogP contribution is -2.66. The lowest BCUT2D eigenvalue weighted by molar-refractivity contribution is -0.161. The Labute approximate surface area is 273 Å². The molecule has 2 aliphatic rings. The van der Waals surface area contributed by atoms with E-state index in [4.69, 9.17) is 27.9 Å². The number of likely N-dealkylation sites (N-methyl/N-ethyl adjacent to an activating group) is 2. The monoisotopic (exact) mass is 649 g/mol. The Morgan fingerprint density at radius 1 is 1.09 bits per heavy atom. The minimum Gasteiger partial charge on any atom is -0.370 e. The molecule has 0 unspecified atom stereocenters. The van der Waals surface area contributed by atoms with Crippen LogP contribution in [0.2, 0.25) is 10.0 Å². The van der Waals surface area contributed by atoms with E-state index < -0.39 is 5.54 Å². The first-order valence-electron chi connectivity index (χ1n) is 15.1. The summed E-state index contributed by atoms with van der Waals surface area (Å²) in [5.74, 6) is -0.527. The quantitative estimate of drug-likeness (QED) is 0.360. The molecule has 0 bridgehead atoms. The van der Waals surface area contributed by atoms with Crippen molar-refractivity contribution in [3.63, 3.8) is 0 Å². The molecule has 5 rings (SSSR count). The zero-order chi connectivity index (χ0) is 32.1. The first kappa shape index (κ1) is 32.7. The van der Waals surface area contributed by atoms with Crippen molar-refractivity contribution in [3.05, 3.63) is 81.3 Å². The third kappa shape index (κ3) is 6.95. The SMILES string of the molecule is CNC(=O)C1(N2CCOCC2=O)CCN(CC[C@H](CN(C)C(=O)c2cc(C#N)cc3ccccc23)c2ccc(Cl)c(Cl)c2)CC1. The molecule has 3 aromatic rings. The van der Waals surface area contributed by atoms with Gasteiger partial charge in [0, 0.05) is 51.8 Å². The molecular weight excluding hydrogens is 613 g/mol. The van der Waals surface area contributed by atoms with Crippen LogP contribution in [0.1, 0.15) is 46.7 Å². The van der Waals surface area contributed by atoms with Gasteiger partial charge in [0.15, 0.2) is 0 Å². The molecule has 2 saturated heterocycles. The third-order valence-electron chi connectivity index (χ3n) is 9.11. The van der Waals surface area contributed by atoms with E-state index in [1.807, 2.05) is 36.4 Å². The summed E-state index contributed by atoms with van der Waals surface area (Å²) in [6, 6.07) is 18.8. The lowest BCUT2D eigenvalue weighted by atomic mass is 9.83. The number of amides is 3. The van der Waals surface area contributed by atoms with E-state index in [2.05, 4.69) is 16.3 Å². The van der Waals surface area contributed by atoms with Crippen LogP contribution in [-0.4, -0.2) is 98.0 Å². The van der Waals surface area contributed by atoms with Gasteiger partial charge in [0.2, 0.25) is 11.8 Å². The fraction of sp³-hybridized carbons (Fsp3) is 0.412. The Balaban J connectivity index is 1.33. The number of ether oxygens (including phenoxy) is 1. The molecule has 3 amide bonds. The highest BCUT2D eigenvalue weighted by atomic mass is 35.5. The maximum Gasteiger partial charge on any atom is 0.254 e. The molecule has 11 heteroatoms. The number of likely N-dealkylation sites (tertiary alicyclic amines) is 1. The molecule has 236 valence electrons. The van der Waals surface area contributed by atoms with E-state index in [1.165, 1.54) is 0 Å².